The molecular formula is C8H14INPb+4. The second-order valence-corrected chi connectivity index (χ2v) is 2.09. The van der Waals surface area contributed by atoms with E-state index in [0.29, 0.717) is 0 Å². The van der Waals surface area contributed by atoms with Gasteiger partial charge in [0.15, 0.2) is 0 Å². The van der Waals surface area contributed by atoms with Crippen molar-refractivity contribution in [3.05, 3.63) is 35.9 Å². The molecule has 0 heterocycles. The molecule has 1 rings (SSSR count). The molecular weight excluding hydrogens is 444 g/mol. The summed E-state index contributed by atoms with van der Waals surface area (Å²) >= 11 is 0. The van der Waals surface area contributed by atoms with Crippen LogP contribution >= 0.6 is 0 Å². The monoisotopic (exact) mass is 459 g/mol. The normalized spacial score (nSPS) is 7.73. The molecule has 0 amide bonds. The van der Waals surface area contributed by atoms with Crippen LogP contribution in [0.2, 0.25) is 0 Å². The zero-order valence-electron chi connectivity index (χ0n) is 6.46. The molecule has 2 radical (unpaired) electrons. The minimum absolute atomic E-state index is 0. The maximum Gasteiger partial charge on any atom is 2.00 e. The number of hydrogen-bond acceptors (Lipinski definition) is 0. The van der Waals surface area contributed by atoms with Crippen LogP contribution in [-0.4, -0.2) is 33.8 Å². The molecule has 0 spiro atoms. The molecule has 0 aliphatic heterocycles. The van der Waals surface area contributed by atoms with Gasteiger partial charge >= 0.3 is 27.3 Å². The summed E-state index contributed by atoms with van der Waals surface area (Å²) in [4.78, 5) is 0. The van der Waals surface area contributed by atoms with Crippen molar-refractivity contribution in [3.63, 3.8) is 0 Å². The van der Waals surface area contributed by atoms with E-state index in [2.05, 4.69) is 30.0 Å². The van der Waals surface area contributed by atoms with Gasteiger partial charge in [-0.1, -0.05) is 30.3 Å². The fourth-order valence-electron chi connectivity index (χ4n) is 0.849. The summed E-state index contributed by atoms with van der Waals surface area (Å²) in [5.74, 6) is 0. The predicted molar refractivity (Wildman–Crippen MR) is 46.4 cm³/mol. The third kappa shape index (κ3) is 6.04. The Labute approximate surface area is 105 Å². The summed E-state index contributed by atoms with van der Waals surface area (Å²) < 4.78 is 0. The number of halogens is 1. The third-order valence-corrected chi connectivity index (χ3v) is 1.31. The van der Waals surface area contributed by atoms with Gasteiger partial charge in [0.1, 0.15) is 0 Å². The van der Waals surface area contributed by atoms with Crippen LogP contribution in [0.4, 0.5) is 0 Å². The molecule has 0 aliphatic carbocycles. The van der Waals surface area contributed by atoms with E-state index in [9.17, 15) is 0 Å². The van der Waals surface area contributed by atoms with Crippen LogP contribution in [0, 0.1) is 0 Å². The Morgan fingerprint density at radius 2 is 1.64 bits per heavy atom. The van der Waals surface area contributed by atoms with Gasteiger partial charge in [-0.15, -0.1) is 0 Å². The molecule has 3 N–H and O–H groups in total. The maximum atomic E-state index is 3.78. The number of rotatable bonds is 2. The van der Waals surface area contributed by atoms with Crippen molar-refractivity contribution in [1.29, 1.82) is 0 Å². The number of hydrogen-bond donors (Lipinski definition) is 1. The van der Waals surface area contributed by atoms with E-state index in [-0.39, 0.29) is 51.3 Å². The Hall–Kier alpha value is 0.832. The van der Waals surface area contributed by atoms with Crippen LogP contribution in [0.15, 0.2) is 30.3 Å². The van der Waals surface area contributed by atoms with Crippen LogP contribution in [0.1, 0.15) is 5.56 Å². The Morgan fingerprint density at radius 3 is 2.09 bits per heavy atom. The van der Waals surface area contributed by atoms with E-state index < -0.39 is 0 Å². The quantitative estimate of drug-likeness (QED) is 0.353. The molecule has 0 aromatic heterocycles. The summed E-state index contributed by atoms with van der Waals surface area (Å²) in [7, 11) is 0. The van der Waals surface area contributed by atoms with Crippen LogP contribution in [0.3, 0.4) is 0 Å². The molecule has 0 atom stereocenters. The van der Waals surface area contributed by atoms with Crippen molar-refractivity contribution >= 4 is 27.3 Å². The van der Waals surface area contributed by atoms with E-state index in [1.54, 1.807) is 0 Å². The van der Waals surface area contributed by atoms with Crippen molar-refractivity contribution in [1.82, 2.24) is 0 Å². The summed E-state index contributed by atoms with van der Waals surface area (Å²) in [6, 6.07) is 10.4. The van der Waals surface area contributed by atoms with Gasteiger partial charge in [0.25, 0.3) is 0 Å². The molecule has 0 saturated carbocycles. The van der Waals surface area contributed by atoms with Gasteiger partial charge in [-0.2, -0.15) is 0 Å². The molecule has 0 fully saturated rings. The molecule has 0 saturated heterocycles. The standard InChI is InChI=1S/C8H11N.H2I.Pb/c9-7-6-8-4-2-1-3-5-8;;/h1-5H,6-7,9H2;1H2;/q;+1;+2/p+1. The SMILES string of the molecule is [IH2+].[NH3+]CCc1ccccc1.[Pb+2]. The van der Waals surface area contributed by atoms with E-state index in [1.165, 1.54) is 5.56 Å². The van der Waals surface area contributed by atoms with Gasteiger partial charge in [-0.05, 0) is 5.56 Å². The van der Waals surface area contributed by atoms with Gasteiger partial charge in [0.2, 0.25) is 24.0 Å². The summed E-state index contributed by atoms with van der Waals surface area (Å²) in [5, 5.41) is 0. The van der Waals surface area contributed by atoms with Crippen LogP contribution in [-0.2, 0) is 6.42 Å². The average Bonchev–Trinajstić information content (AvgIpc) is 1.91. The van der Waals surface area contributed by atoms with Crippen molar-refractivity contribution in [3.8, 4) is 0 Å². The maximum absolute atomic E-state index is 3.78. The van der Waals surface area contributed by atoms with Crippen LogP contribution in [0.5, 0.6) is 0 Å². The molecule has 1 nitrogen and oxygen atoms in total. The van der Waals surface area contributed by atoms with Crippen molar-refractivity contribution < 1.29 is 29.7 Å². The summed E-state index contributed by atoms with van der Waals surface area (Å²) in [6.07, 6.45) is 1.10. The Balaban J connectivity index is 0. The molecule has 0 aliphatic rings. The van der Waals surface area contributed by atoms with Crippen molar-refractivity contribution in [2.75, 3.05) is 6.54 Å². The van der Waals surface area contributed by atoms with Gasteiger partial charge in [0, 0.05) is 6.42 Å². The largest absolute Gasteiger partial charge is 2.00 e. The molecule has 1 aromatic carbocycles. The number of benzene rings is 1. The summed E-state index contributed by atoms with van der Waals surface area (Å²) in [6.45, 7) is 0.990. The molecule has 58 valence electrons. The predicted octanol–water partition coefficient (Wildman–Crippen LogP) is -3.44. The molecule has 3 heteroatoms. The van der Waals surface area contributed by atoms with Gasteiger partial charge in [-0.3, -0.25) is 0 Å². The zero-order chi connectivity index (χ0) is 6.53. The average molecular weight is 458 g/mol. The first kappa shape index (κ1) is 14.4. The Kier molecular flexibility index (Phi) is 11.7. The second-order valence-electron chi connectivity index (χ2n) is 2.09. The van der Waals surface area contributed by atoms with Crippen LogP contribution in [0.25, 0.3) is 0 Å². The van der Waals surface area contributed by atoms with Gasteiger partial charge < -0.3 is 5.73 Å². The minimum atomic E-state index is 0. The smallest absolute Gasteiger partial charge is 0.357 e. The minimum Gasteiger partial charge on any atom is -0.357 e. The fourth-order valence-corrected chi connectivity index (χ4v) is 0.849. The van der Waals surface area contributed by atoms with E-state index >= 15 is 0 Å². The van der Waals surface area contributed by atoms with E-state index in [4.69, 9.17) is 0 Å². The zero-order valence-corrected chi connectivity index (χ0v) is 12.9. The fraction of sp³-hybridized carbons (Fsp3) is 0.250. The molecule has 1 aromatic rings. The van der Waals surface area contributed by atoms with Crippen LogP contribution < -0.4 is 29.7 Å². The Bertz CT molecular complexity index is 167. The van der Waals surface area contributed by atoms with E-state index in [0.717, 1.165) is 13.0 Å². The molecule has 0 bridgehead atoms. The van der Waals surface area contributed by atoms with E-state index in [1.807, 2.05) is 6.07 Å². The number of quaternary nitrogens is 1. The first-order chi connectivity index (χ1) is 4.43. The first-order valence-electron chi connectivity index (χ1n) is 3.26. The van der Waals surface area contributed by atoms with Crippen molar-refractivity contribution in [2.45, 2.75) is 6.42 Å². The second kappa shape index (κ2) is 8.92. The Morgan fingerprint density at radius 1 is 1.09 bits per heavy atom. The molecule has 11 heavy (non-hydrogen) atoms. The third-order valence-electron chi connectivity index (χ3n) is 1.31. The molecule has 0 unspecified atom stereocenters. The summed E-state index contributed by atoms with van der Waals surface area (Å²) in [5.41, 5.74) is 5.16. The van der Waals surface area contributed by atoms with Gasteiger partial charge in [-0.25, -0.2) is 0 Å². The van der Waals surface area contributed by atoms with Gasteiger partial charge in [0.05, 0.1) is 6.54 Å². The first-order valence-corrected chi connectivity index (χ1v) is 3.26. The topological polar surface area (TPSA) is 27.6 Å². The van der Waals surface area contributed by atoms with Crippen molar-refractivity contribution in [2.24, 2.45) is 0 Å².